The van der Waals surface area contributed by atoms with E-state index in [0.29, 0.717) is 10.8 Å². The van der Waals surface area contributed by atoms with Gasteiger partial charge in [-0.3, -0.25) is 14.6 Å². The van der Waals surface area contributed by atoms with E-state index in [2.05, 4.69) is 15.4 Å². The summed E-state index contributed by atoms with van der Waals surface area (Å²) in [5, 5.41) is 0.346. The minimum atomic E-state index is -0.292. The molecular weight excluding hydrogens is 326 g/mol. The van der Waals surface area contributed by atoms with Gasteiger partial charge in [0.05, 0.1) is 16.7 Å². The molecule has 118 valence electrons. The van der Waals surface area contributed by atoms with Gasteiger partial charge in [0.2, 0.25) is 0 Å². The zero-order valence-electron chi connectivity index (χ0n) is 12.4. The number of benzene rings is 1. The minimum Gasteiger partial charge on any atom is -0.299 e. The molecule has 1 amide bonds. The molecule has 0 saturated heterocycles. The Morgan fingerprint density at radius 1 is 1.17 bits per heavy atom. The van der Waals surface area contributed by atoms with Gasteiger partial charge in [-0.05, 0) is 30.3 Å². The molecule has 24 heavy (non-hydrogen) atoms. The van der Waals surface area contributed by atoms with E-state index in [1.54, 1.807) is 17.1 Å². The molecule has 0 aliphatic carbocycles. The first-order valence-corrected chi connectivity index (χ1v) is 7.64. The number of imidazole rings is 2. The van der Waals surface area contributed by atoms with E-state index in [4.69, 9.17) is 11.6 Å². The average Bonchev–Trinajstić information content (AvgIpc) is 3.14. The first kappa shape index (κ1) is 14.5. The molecule has 0 bridgehead atoms. The van der Waals surface area contributed by atoms with Gasteiger partial charge in [-0.1, -0.05) is 29.8 Å². The van der Waals surface area contributed by atoms with E-state index in [1.165, 1.54) is 6.08 Å². The number of pyridine rings is 1. The summed E-state index contributed by atoms with van der Waals surface area (Å²) in [6, 6.07) is 13.2. The predicted octanol–water partition coefficient (Wildman–Crippen LogP) is 3.12. The average molecular weight is 338 g/mol. The van der Waals surface area contributed by atoms with Crippen LogP contribution in [-0.2, 0) is 4.79 Å². The van der Waals surface area contributed by atoms with E-state index in [1.807, 2.05) is 53.1 Å². The number of carbonyl (C=O) groups excluding carboxylic acids is 1. The molecule has 0 fully saturated rings. The zero-order chi connectivity index (χ0) is 16.5. The Labute approximate surface area is 142 Å². The van der Waals surface area contributed by atoms with Crippen molar-refractivity contribution in [3.63, 3.8) is 0 Å². The number of nitrogens with zero attached hydrogens (tertiary/aromatic N) is 4. The lowest BCUT2D eigenvalue weighted by Gasteiger charge is -2.03. The van der Waals surface area contributed by atoms with E-state index >= 15 is 0 Å². The fourth-order valence-corrected chi connectivity index (χ4v) is 2.73. The van der Waals surface area contributed by atoms with Gasteiger partial charge in [0, 0.05) is 12.3 Å². The lowest BCUT2D eigenvalue weighted by Crippen LogP contribution is -2.19. The van der Waals surface area contributed by atoms with Crippen molar-refractivity contribution >= 4 is 40.3 Å². The highest BCUT2D eigenvalue weighted by Crippen LogP contribution is 2.18. The molecule has 3 aromatic heterocycles. The normalized spacial score (nSPS) is 11.5. The van der Waals surface area contributed by atoms with Crippen LogP contribution in [-0.4, -0.2) is 25.0 Å². The molecule has 4 rings (SSSR count). The van der Waals surface area contributed by atoms with Crippen molar-refractivity contribution in [3.05, 3.63) is 71.9 Å². The number of hydrogen-bond donors (Lipinski definition) is 1. The third kappa shape index (κ3) is 2.53. The largest absolute Gasteiger partial charge is 0.299 e. The molecule has 6 nitrogen and oxygen atoms in total. The smallest absolute Gasteiger partial charge is 0.262 e. The van der Waals surface area contributed by atoms with Crippen molar-refractivity contribution in [1.82, 2.24) is 19.0 Å². The van der Waals surface area contributed by atoms with Crippen molar-refractivity contribution in [2.45, 2.75) is 0 Å². The number of para-hydroxylation sites is 2. The van der Waals surface area contributed by atoms with Crippen LogP contribution in [0.2, 0.25) is 5.15 Å². The van der Waals surface area contributed by atoms with Gasteiger partial charge in [-0.2, -0.15) is 0 Å². The Kier molecular flexibility index (Phi) is 3.51. The molecule has 0 unspecified atom stereocenters. The summed E-state index contributed by atoms with van der Waals surface area (Å²) < 4.78 is 3.40. The van der Waals surface area contributed by atoms with Crippen LogP contribution in [0.15, 0.2) is 61.1 Å². The van der Waals surface area contributed by atoms with E-state index in [9.17, 15) is 4.79 Å². The molecule has 4 aromatic rings. The van der Waals surface area contributed by atoms with E-state index < -0.39 is 0 Å². The standard InChI is InChI=1S/C17H12ClN5O/c18-17-14(22-10-4-3-7-15(22)20-17)8-9-16(24)21-23-11-19-12-5-1-2-6-13(12)23/h1-11H,(H,21,24)/b9-8+. The Bertz CT molecular complexity index is 1080. The summed E-state index contributed by atoms with van der Waals surface area (Å²) in [6.07, 6.45) is 6.46. The number of nitrogens with one attached hydrogen (secondary N) is 1. The van der Waals surface area contributed by atoms with Crippen molar-refractivity contribution in [3.8, 4) is 0 Å². The summed E-state index contributed by atoms with van der Waals surface area (Å²) in [4.78, 5) is 20.6. The molecular formula is C17H12ClN5O. The summed E-state index contributed by atoms with van der Waals surface area (Å²) in [5.74, 6) is -0.292. The predicted molar refractivity (Wildman–Crippen MR) is 93.3 cm³/mol. The van der Waals surface area contributed by atoms with Gasteiger partial charge in [0.25, 0.3) is 5.91 Å². The van der Waals surface area contributed by atoms with Gasteiger partial charge >= 0.3 is 0 Å². The molecule has 1 aromatic carbocycles. The Balaban J connectivity index is 1.59. The molecule has 0 saturated carbocycles. The molecule has 7 heteroatoms. The van der Waals surface area contributed by atoms with Crippen LogP contribution in [0.5, 0.6) is 0 Å². The van der Waals surface area contributed by atoms with Crippen molar-refractivity contribution in [2.75, 3.05) is 5.43 Å². The number of halogens is 1. The molecule has 3 heterocycles. The maximum Gasteiger partial charge on any atom is 0.262 e. The van der Waals surface area contributed by atoms with Crippen LogP contribution in [0.3, 0.4) is 0 Å². The van der Waals surface area contributed by atoms with Crippen molar-refractivity contribution in [1.29, 1.82) is 0 Å². The number of rotatable bonds is 3. The molecule has 0 aliphatic rings. The fraction of sp³-hybridized carbons (Fsp3) is 0. The first-order chi connectivity index (χ1) is 11.7. The van der Waals surface area contributed by atoms with Crippen molar-refractivity contribution in [2.24, 2.45) is 0 Å². The molecule has 1 N–H and O–H groups in total. The van der Waals surface area contributed by atoms with Crippen LogP contribution in [0, 0.1) is 0 Å². The number of carbonyl (C=O) groups is 1. The van der Waals surface area contributed by atoms with Gasteiger partial charge in [-0.15, -0.1) is 0 Å². The Morgan fingerprint density at radius 2 is 2.00 bits per heavy atom. The Hall–Kier alpha value is -3.12. The second-order valence-corrected chi connectivity index (χ2v) is 5.49. The van der Waals surface area contributed by atoms with Crippen molar-refractivity contribution < 1.29 is 4.79 Å². The zero-order valence-corrected chi connectivity index (χ0v) is 13.2. The van der Waals surface area contributed by atoms with Crippen LogP contribution in [0.4, 0.5) is 0 Å². The fourth-order valence-electron chi connectivity index (χ4n) is 2.49. The highest BCUT2D eigenvalue weighted by molar-refractivity contribution is 6.31. The minimum absolute atomic E-state index is 0.292. The van der Waals surface area contributed by atoms with Crippen LogP contribution >= 0.6 is 11.6 Å². The monoisotopic (exact) mass is 337 g/mol. The van der Waals surface area contributed by atoms with Crippen LogP contribution in [0.1, 0.15) is 5.69 Å². The molecule has 0 spiro atoms. The highest BCUT2D eigenvalue weighted by atomic mass is 35.5. The maximum atomic E-state index is 12.2. The summed E-state index contributed by atoms with van der Waals surface area (Å²) in [7, 11) is 0. The van der Waals surface area contributed by atoms with Crippen LogP contribution in [0.25, 0.3) is 22.8 Å². The van der Waals surface area contributed by atoms with Gasteiger partial charge in [0.1, 0.15) is 12.0 Å². The summed E-state index contributed by atoms with van der Waals surface area (Å²) in [6.45, 7) is 0. The third-order valence-electron chi connectivity index (χ3n) is 3.60. The Morgan fingerprint density at radius 3 is 2.92 bits per heavy atom. The number of fused-ring (bicyclic) bond motifs is 2. The quantitative estimate of drug-likeness (QED) is 0.584. The van der Waals surface area contributed by atoms with Gasteiger partial charge in [-0.25, -0.2) is 14.6 Å². The molecule has 0 atom stereocenters. The summed E-state index contributed by atoms with van der Waals surface area (Å²) in [5.41, 5.74) is 5.76. The highest BCUT2D eigenvalue weighted by Gasteiger charge is 2.08. The molecule has 0 radical (unpaired) electrons. The van der Waals surface area contributed by atoms with Crippen LogP contribution < -0.4 is 5.43 Å². The summed E-state index contributed by atoms with van der Waals surface area (Å²) >= 11 is 6.14. The SMILES string of the molecule is O=C(/C=C/c1c(Cl)nc2ccccn12)Nn1cnc2ccccc21. The number of aromatic nitrogens is 4. The van der Waals surface area contributed by atoms with E-state index in [0.717, 1.165) is 16.7 Å². The van der Waals surface area contributed by atoms with Gasteiger partial charge < -0.3 is 0 Å². The number of amides is 1. The second-order valence-electron chi connectivity index (χ2n) is 5.13. The third-order valence-corrected chi connectivity index (χ3v) is 3.88. The van der Waals surface area contributed by atoms with Gasteiger partial charge in [0.15, 0.2) is 5.15 Å². The lowest BCUT2D eigenvalue weighted by molar-refractivity contribution is -0.112. The number of hydrogen-bond acceptors (Lipinski definition) is 3. The maximum absolute atomic E-state index is 12.2. The molecule has 0 aliphatic heterocycles. The lowest BCUT2D eigenvalue weighted by atomic mass is 10.3. The second kappa shape index (κ2) is 5.82. The topological polar surface area (TPSA) is 64.2 Å². The van der Waals surface area contributed by atoms with E-state index in [-0.39, 0.29) is 5.91 Å². The first-order valence-electron chi connectivity index (χ1n) is 7.26.